The van der Waals surface area contributed by atoms with Gasteiger partial charge in [-0.3, -0.25) is 9.69 Å². The fourth-order valence-corrected chi connectivity index (χ4v) is 3.74. The van der Waals surface area contributed by atoms with Crippen LogP contribution in [0, 0.1) is 5.92 Å². The lowest BCUT2D eigenvalue weighted by Crippen LogP contribution is -2.33. The molecule has 1 N–H and O–H groups in total. The van der Waals surface area contributed by atoms with Gasteiger partial charge in [0.1, 0.15) is 0 Å². The van der Waals surface area contributed by atoms with Crippen LogP contribution >= 0.6 is 23.2 Å². The fraction of sp³-hybridized carbons (Fsp3) is 0.350. The van der Waals surface area contributed by atoms with Crippen LogP contribution in [0.2, 0.25) is 10.0 Å². The van der Waals surface area contributed by atoms with Gasteiger partial charge in [0.15, 0.2) is 0 Å². The molecule has 1 heterocycles. The van der Waals surface area contributed by atoms with E-state index in [9.17, 15) is 4.79 Å². The Hall–Kier alpha value is -1.55. The maximum atomic E-state index is 12.4. The average Bonchev–Trinajstić information content (AvgIpc) is 2.59. The van der Waals surface area contributed by atoms with Gasteiger partial charge in [-0.2, -0.15) is 0 Å². The van der Waals surface area contributed by atoms with Crippen molar-refractivity contribution in [2.75, 3.05) is 18.4 Å². The van der Waals surface area contributed by atoms with Crippen LogP contribution in [0.15, 0.2) is 42.5 Å². The standard InChI is InChI=1S/C20H22Cl2N2O/c1-14-4-3-11-24(12-14)13-15-7-9-16(10-8-15)20(25)23-19-17(21)5-2-6-18(19)22/h2,5-10,14H,3-4,11-13H2,1H3,(H,23,25)/t14-/m0/s1. The smallest absolute Gasteiger partial charge is 0.255 e. The Kier molecular flexibility index (Phi) is 6.00. The molecule has 5 heteroatoms. The molecular weight excluding hydrogens is 355 g/mol. The molecule has 1 fully saturated rings. The van der Waals surface area contributed by atoms with Crippen molar-refractivity contribution in [2.45, 2.75) is 26.3 Å². The van der Waals surface area contributed by atoms with Crippen LogP contribution in [0.25, 0.3) is 0 Å². The minimum Gasteiger partial charge on any atom is -0.319 e. The molecule has 0 radical (unpaired) electrons. The second-order valence-corrected chi connectivity index (χ2v) is 7.54. The molecule has 3 nitrogen and oxygen atoms in total. The van der Waals surface area contributed by atoms with E-state index in [4.69, 9.17) is 23.2 Å². The van der Waals surface area contributed by atoms with Gasteiger partial charge in [0, 0.05) is 18.7 Å². The van der Waals surface area contributed by atoms with Crippen molar-refractivity contribution in [3.8, 4) is 0 Å². The van der Waals surface area contributed by atoms with Crippen molar-refractivity contribution < 1.29 is 4.79 Å². The monoisotopic (exact) mass is 376 g/mol. The predicted molar refractivity (Wildman–Crippen MR) is 105 cm³/mol. The summed E-state index contributed by atoms with van der Waals surface area (Å²) in [5.74, 6) is 0.548. The lowest BCUT2D eigenvalue weighted by Gasteiger charge is -2.30. The lowest BCUT2D eigenvalue weighted by atomic mass is 9.99. The second-order valence-electron chi connectivity index (χ2n) is 6.73. The van der Waals surface area contributed by atoms with Crippen LogP contribution in [0.4, 0.5) is 5.69 Å². The Morgan fingerprint density at radius 2 is 1.84 bits per heavy atom. The van der Waals surface area contributed by atoms with Crippen molar-refractivity contribution in [2.24, 2.45) is 5.92 Å². The molecule has 2 aromatic rings. The molecule has 1 aliphatic heterocycles. The number of rotatable bonds is 4. The van der Waals surface area contributed by atoms with Crippen LogP contribution < -0.4 is 5.32 Å². The van der Waals surface area contributed by atoms with Gasteiger partial charge in [-0.15, -0.1) is 0 Å². The summed E-state index contributed by atoms with van der Waals surface area (Å²) in [7, 11) is 0. The number of halogens is 2. The fourth-order valence-electron chi connectivity index (χ4n) is 3.25. The van der Waals surface area contributed by atoms with Crippen LogP contribution in [0.1, 0.15) is 35.7 Å². The number of hydrogen-bond donors (Lipinski definition) is 1. The maximum Gasteiger partial charge on any atom is 0.255 e. The van der Waals surface area contributed by atoms with Crippen LogP contribution in [-0.4, -0.2) is 23.9 Å². The molecule has 132 valence electrons. The molecule has 25 heavy (non-hydrogen) atoms. The number of para-hydroxylation sites is 1. The number of piperidine rings is 1. The molecule has 0 unspecified atom stereocenters. The predicted octanol–water partition coefficient (Wildman–Crippen LogP) is 5.48. The van der Waals surface area contributed by atoms with Gasteiger partial charge in [0.25, 0.3) is 5.91 Å². The molecule has 1 atom stereocenters. The van der Waals surface area contributed by atoms with Crippen molar-refractivity contribution in [3.63, 3.8) is 0 Å². The minimum absolute atomic E-state index is 0.215. The highest BCUT2D eigenvalue weighted by Gasteiger charge is 2.16. The van der Waals surface area contributed by atoms with E-state index >= 15 is 0 Å². The van der Waals surface area contributed by atoms with Gasteiger partial charge >= 0.3 is 0 Å². The van der Waals surface area contributed by atoms with Crippen molar-refractivity contribution in [3.05, 3.63) is 63.6 Å². The van der Waals surface area contributed by atoms with E-state index in [2.05, 4.69) is 17.1 Å². The Morgan fingerprint density at radius 1 is 1.16 bits per heavy atom. The molecule has 2 aromatic carbocycles. The molecule has 1 amide bonds. The quantitative estimate of drug-likeness (QED) is 0.766. The Balaban J connectivity index is 1.64. The molecule has 1 aliphatic rings. The summed E-state index contributed by atoms with van der Waals surface area (Å²) in [5, 5.41) is 3.64. The maximum absolute atomic E-state index is 12.4. The molecule has 0 aromatic heterocycles. The van der Waals surface area contributed by atoms with Gasteiger partial charge in [0.05, 0.1) is 15.7 Å². The van der Waals surface area contributed by atoms with E-state index in [-0.39, 0.29) is 5.91 Å². The summed E-state index contributed by atoms with van der Waals surface area (Å²) in [5.41, 5.74) is 2.26. The molecule has 0 saturated carbocycles. The van der Waals surface area contributed by atoms with E-state index in [1.807, 2.05) is 24.3 Å². The van der Waals surface area contributed by atoms with E-state index in [1.165, 1.54) is 18.4 Å². The normalized spacial score (nSPS) is 18.1. The van der Waals surface area contributed by atoms with Crippen LogP contribution in [0.5, 0.6) is 0 Å². The zero-order valence-electron chi connectivity index (χ0n) is 14.3. The third-order valence-corrected chi connectivity index (χ3v) is 5.19. The molecular formula is C20H22Cl2N2O. The van der Waals surface area contributed by atoms with Gasteiger partial charge in [0.2, 0.25) is 0 Å². The summed E-state index contributed by atoms with van der Waals surface area (Å²) < 4.78 is 0. The molecule has 0 bridgehead atoms. The number of nitrogens with zero attached hydrogens (tertiary/aromatic N) is 1. The van der Waals surface area contributed by atoms with Gasteiger partial charge < -0.3 is 5.32 Å². The Bertz CT molecular complexity index is 726. The van der Waals surface area contributed by atoms with E-state index < -0.39 is 0 Å². The van der Waals surface area contributed by atoms with E-state index in [0.29, 0.717) is 21.3 Å². The van der Waals surface area contributed by atoms with Crippen molar-refractivity contribution in [1.29, 1.82) is 0 Å². The number of nitrogens with one attached hydrogen (secondary N) is 1. The van der Waals surface area contributed by atoms with Crippen molar-refractivity contribution in [1.82, 2.24) is 4.90 Å². The highest BCUT2D eigenvalue weighted by Crippen LogP contribution is 2.30. The largest absolute Gasteiger partial charge is 0.319 e. The zero-order valence-corrected chi connectivity index (χ0v) is 15.8. The number of benzene rings is 2. The van der Waals surface area contributed by atoms with Gasteiger partial charge in [-0.05, 0) is 55.1 Å². The third kappa shape index (κ3) is 4.75. The number of hydrogen-bond acceptors (Lipinski definition) is 2. The summed E-state index contributed by atoms with van der Waals surface area (Å²) >= 11 is 12.2. The second kappa shape index (κ2) is 8.22. The number of carbonyl (C=O) groups excluding carboxylic acids is 1. The SMILES string of the molecule is C[C@H]1CCCN(Cc2ccc(C(=O)Nc3c(Cl)cccc3Cl)cc2)C1. The average molecular weight is 377 g/mol. The number of anilines is 1. The van der Waals surface area contributed by atoms with Gasteiger partial charge in [-0.1, -0.05) is 48.3 Å². The Labute approximate surface area is 158 Å². The van der Waals surface area contributed by atoms with Crippen LogP contribution in [-0.2, 0) is 6.54 Å². The molecule has 0 aliphatic carbocycles. The third-order valence-electron chi connectivity index (χ3n) is 4.56. The first-order valence-electron chi connectivity index (χ1n) is 8.59. The number of likely N-dealkylation sites (tertiary alicyclic amines) is 1. The summed E-state index contributed by atoms with van der Waals surface area (Å²) in [4.78, 5) is 14.9. The summed E-state index contributed by atoms with van der Waals surface area (Å²) in [6.45, 7) is 5.53. The first-order chi connectivity index (χ1) is 12.0. The van der Waals surface area contributed by atoms with Gasteiger partial charge in [-0.25, -0.2) is 0 Å². The minimum atomic E-state index is -0.215. The van der Waals surface area contributed by atoms with Crippen molar-refractivity contribution >= 4 is 34.8 Å². The van der Waals surface area contributed by atoms with E-state index in [0.717, 1.165) is 25.6 Å². The molecule has 3 rings (SSSR count). The summed E-state index contributed by atoms with van der Waals surface area (Å²) in [6, 6.07) is 12.9. The first-order valence-corrected chi connectivity index (χ1v) is 9.35. The number of carbonyl (C=O) groups is 1. The topological polar surface area (TPSA) is 32.3 Å². The van der Waals surface area contributed by atoms with Crippen LogP contribution in [0.3, 0.4) is 0 Å². The Morgan fingerprint density at radius 3 is 2.48 bits per heavy atom. The lowest BCUT2D eigenvalue weighted by molar-refractivity contribution is 0.102. The molecule has 1 saturated heterocycles. The first kappa shape index (κ1) is 18.2. The highest BCUT2D eigenvalue weighted by molar-refractivity contribution is 6.40. The number of amides is 1. The highest BCUT2D eigenvalue weighted by atomic mass is 35.5. The van der Waals surface area contributed by atoms with E-state index in [1.54, 1.807) is 18.2 Å². The summed E-state index contributed by atoms with van der Waals surface area (Å²) in [6.07, 6.45) is 2.58. The molecule has 0 spiro atoms. The zero-order chi connectivity index (χ0) is 17.8.